The summed E-state index contributed by atoms with van der Waals surface area (Å²) in [6.07, 6.45) is 1.04. The molecular weight excluding hydrogens is 192 g/mol. The predicted octanol–water partition coefficient (Wildman–Crippen LogP) is 0.378. The highest BCUT2D eigenvalue weighted by Gasteiger charge is 2.48. The summed E-state index contributed by atoms with van der Waals surface area (Å²) < 4.78 is 0. The van der Waals surface area contributed by atoms with Crippen LogP contribution in [0.4, 0.5) is 0 Å². The quantitative estimate of drug-likeness (QED) is 0.716. The number of carbonyl (C=O) groups is 2. The van der Waals surface area contributed by atoms with Gasteiger partial charge < -0.3 is 10.2 Å². The minimum absolute atomic E-state index is 0.00343. The lowest BCUT2D eigenvalue weighted by Gasteiger charge is -2.37. The summed E-state index contributed by atoms with van der Waals surface area (Å²) in [4.78, 5) is 25.3. The molecule has 1 N–H and O–H groups in total. The summed E-state index contributed by atoms with van der Waals surface area (Å²) in [6.45, 7) is 6.28. The molecule has 0 aromatic heterocycles. The Hall–Kier alpha value is -1.06. The summed E-state index contributed by atoms with van der Waals surface area (Å²) in [5, 5.41) is 2.66. The molecule has 4 heteroatoms. The van der Waals surface area contributed by atoms with Gasteiger partial charge in [-0.2, -0.15) is 0 Å². The number of hydrogen-bond donors (Lipinski definition) is 1. The SMILES string of the molecule is CC(C)C1C(=O)NCC(=O)N1C1CC1C. The molecule has 2 rings (SSSR count). The smallest absolute Gasteiger partial charge is 0.243 e. The first-order valence-electron chi connectivity index (χ1n) is 5.61. The highest BCUT2D eigenvalue weighted by atomic mass is 16.2. The van der Waals surface area contributed by atoms with E-state index in [4.69, 9.17) is 0 Å². The van der Waals surface area contributed by atoms with Gasteiger partial charge >= 0.3 is 0 Å². The maximum Gasteiger partial charge on any atom is 0.243 e. The molecule has 2 amide bonds. The van der Waals surface area contributed by atoms with E-state index >= 15 is 0 Å². The summed E-state index contributed by atoms with van der Waals surface area (Å²) in [5.74, 6) is 0.814. The van der Waals surface area contributed by atoms with Crippen molar-refractivity contribution < 1.29 is 9.59 Å². The van der Waals surface area contributed by atoms with Gasteiger partial charge in [0.25, 0.3) is 0 Å². The minimum Gasteiger partial charge on any atom is -0.345 e. The third-order valence-electron chi connectivity index (χ3n) is 3.33. The van der Waals surface area contributed by atoms with Crippen LogP contribution < -0.4 is 5.32 Å². The molecule has 0 aromatic rings. The molecule has 0 bridgehead atoms. The second-order valence-corrected chi connectivity index (χ2v) is 4.99. The minimum atomic E-state index is -0.263. The van der Waals surface area contributed by atoms with Gasteiger partial charge in [0.2, 0.25) is 11.8 Å². The summed E-state index contributed by atoms with van der Waals surface area (Å²) in [5.41, 5.74) is 0. The van der Waals surface area contributed by atoms with Crippen molar-refractivity contribution in [3.8, 4) is 0 Å². The molecule has 0 aromatic carbocycles. The zero-order chi connectivity index (χ0) is 11.2. The number of nitrogens with one attached hydrogen (secondary N) is 1. The van der Waals surface area contributed by atoms with Gasteiger partial charge in [-0.1, -0.05) is 20.8 Å². The van der Waals surface area contributed by atoms with Crippen LogP contribution in [0.15, 0.2) is 0 Å². The number of carbonyl (C=O) groups excluding carboxylic acids is 2. The third kappa shape index (κ3) is 1.73. The Morgan fingerprint density at radius 2 is 2.00 bits per heavy atom. The first kappa shape index (κ1) is 10.5. The molecule has 15 heavy (non-hydrogen) atoms. The molecule has 0 spiro atoms. The van der Waals surface area contributed by atoms with Crippen molar-refractivity contribution in [3.05, 3.63) is 0 Å². The van der Waals surface area contributed by atoms with E-state index < -0.39 is 0 Å². The molecule has 1 heterocycles. The average molecular weight is 210 g/mol. The Balaban J connectivity index is 2.20. The van der Waals surface area contributed by atoms with Crippen LogP contribution >= 0.6 is 0 Å². The first-order valence-corrected chi connectivity index (χ1v) is 5.61. The molecule has 3 atom stereocenters. The lowest BCUT2D eigenvalue weighted by atomic mass is 9.99. The summed E-state index contributed by atoms with van der Waals surface area (Å²) in [6, 6.07) is 0.0390. The van der Waals surface area contributed by atoms with Crippen LogP contribution in [0.2, 0.25) is 0 Å². The molecule has 2 fully saturated rings. The van der Waals surface area contributed by atoms with E-state index in [1.807, 2.05) is 18.7 Å². The Bertz CT molecular complexity index is 301. The number of hydrogen-bond acceptors (Lipinski definition) is 2. The Kier molecular flexibility index (Phi) is 2.44. The largest absolute Gasteiger partial charge is 0.345 e. The van der Waals surface area contributed by atoms with Crippen LogP contribution in [0.25, 0.3) is 0 Å². The predicted molar refractivity (Wildman–Crippen MR) is 56.1 cm³/mol. The lowest BCUT2D eigenvalue weighted by Crippen LogP contribution is -2.61. The molecule has 0 radical (unpaired) electrons. The Morgan fingerprint density at radius 1 is 1.40 bits per heavy atom. The van der Waals surface area contributed by atoms with E-state index in [-0.39, 0.29) is 30.3 Å². The zero-order valence-electron chi connectivity index (χ0n) is 9.49. The second-order valence-electron chi connectivity index (χ2n) is 4.99. The van der Waals surface area contributed by atoms with Crippen molar-refractivity contribution in [1.29, 1.82) is 0 Å². The fourth-order valence-corrected chi connectivity index (χ4v) is 2.35. The molecule has 1 aliphatic heterocycles. The van der Waals surface area contributed by atoms with E-state index in [0.717, 1.165) is 6.42 Å². The highest BCUT2D eigenvalue weighted by Crippen LogP contribution is 2.38. The Morgan fingerprint density at radius 3 is 2.47 bits per heavy atom. The monoisotopic (exact) mass is 210 g/mol. The molecule has 2 aliphatic rings. The maximum atomic E-state index is 11.8. The second kappa shape index (κ2) is 3.51. The van der Waals surface area contributed by atoms with E-state index in [2.05, 4.69) is 12.2 Å². The first-order chi connectivity index (χ1) is 7.02. The average Bonchev–Trinajstić information content (AvgIpc) is 2.85. The van der Waals surface area contributed by atoms with E-state index in [0.29, 0.717) is 12.0 Å². The lowest BCUT2D eigenvalue weighted by molar-refractivity contribution is -0.148. The van der Waals surface area contributed by atoms with Gasteiger partial charge in [-0.25, -0.2) is 0 Å². The number of nitrogens with zero attached hydrogens (tertiary/aromatic N) is 1. The fourth-order valence-electron chi connectivity index (χ4n) is 2.35. The van der Waals surface area contributed by atoms with Crippen molar-refractivity contribution in [1.82, 2.24) is 10.2 Å². The number of amides is 2. The van der Waals surface area contributed by atoms with Crippen LogP contribution in [0.5, 0.6) is 0 Å². The Labute approximate surface area is 90.0 Å². The van der Waals surface area contributed by atoms with Crippen molar-refractivity contribution >= 4 is 11.8 Å². The van der Waals surface area contributed by atoms with Crippen LogP contribution in [-0.2, 0) is 9.59 Å². The number of piperazine rings is 1. The number of rotatable bonds is 2. The molecule has 1 saturated carbocycles. The van der Waals surface area contributed by atoms with Crippen molar-refractivity contribution in [2.45, 2.75) is 39.3 Å². The van der Waals surface area contributed by atoms with Crippen molar-refractivity contribution in [2.24, 2.45) is 11.8 Å². The van der Waals surface area contributed by atoms with E-state index in [9.17, 15) is 9.59 Å². The van der Waals surface area contributed by atoms with Crippen molar-refractivity contribution in [3.63, 3.8) is 0 Å². The van der Waals surface area contributed by atoms with Gasteiger partial charge in [0.15, 0.2) is 0 Å². The fraction of sp³-hybridized carbons (Fsp3) is 0.818. The maximum absolute atomic E-state index is 11.8. The van der Waals surface area contributed by atoms with E-state index in [1.54, 1.807) is 0 Å². The summed E-state index contributed by atoms with van der Waals surface area (Å²) >= 11 is 0. The van der Waals surface area contributed by atoms with Gasteiger partial charge in [-0.05, 0) is 18.3 Å². The third-order valence-corrected chi connectivity index (χ3v) is 3.33. The van der Waals surface area contributed by atoms with Crippen LogP contribution in [-0.4, -0.2) is 35.3 Å². The topological polar surface area (TPSA) is 49.4 Å². The van der Waals surface area contributed by atoms with Gasteiger partial charge in [0.1, 0.15) is 6.04 Å². The standard InChI is InChI=1S/C11H18N2O2/c1-6(2)10-11(15)12-5-9(14)13(10)8-4-7(8)3/h6-8,10H,4-5H2,1-3H3,(H,12,15). The van der Waals surface area contributed by atoms with Crippen LogP contribution in [0.1, 0.15) is 27.2 Å². The molecule has 84 valence electrons. The molecular formula is C11H18N2O2. The molecule has 1 saturated heterocycles. The van der Waals surface area contributed by atoms with Gasteiger partial charge in [-0.15, -0.1) is 0 Å². The molecule has 4 nitrogen and oxygen atoms in total. The van der Waals surface area contributed by atoms with Crippen LogP contribution in [0.3, 0.4) is 0 Å². The zero-order valence-corrected chi connectivity index (χ0v) is 9.49. The molecule has 1 aliphatic carbocycles. The van der Waals surface area contributed by atoms with E-state index in [1.165, 1.54) is 0 Å². The summed E-state index contributed by atoms with van der Waals surface area (Å²) in [7, 11) is 0. The van der Waals surface area contributed by atoms with Gasteiger partial charge in [0, 0.05) is 6.04 Å². The van der Waals surface area contributed by atoms with Gasteiger partial charge in [0.05, 0.1) is 6.54 Å². The van der Waals surface area contributed by atoms with Gasteiger partial charge in [-0.3, -0.25) is 9.59 Å². The molecule has 3 unspecified atom stereocenters. The normalized spacial score (nSPS) is 35.7. The van der Waals surface area contributed by atoms with Crippen molar-refractivity contribution in [2.75, 3.05) is 6.54 Å². The highest BCUT2D eigenvalue weighted by molar-refractivity contribution is 5.95. The van der Waals surface area contributed by atoms with Crippen LogP contribution in [0, 0.1) is 11.8 Å².